The van der Waals surface area contributed by atoms with Crippen LogP contribution < -0.4 is 20.7 Å². The number of fused-ring (bicyclic) bond motifs is 1. The van der Waals surface area contributed by atoms with Crippen molar-refractivity contribution in [3.63, 3.8) is 0 Å². The number of carbonyl (C=O) groups excluding carboxylic acids is 1. The summed E-state index contributed by atoms with van der Waals surface area (Å²) in [5.41, 5.74) is 3.14. The van der Waals surface area contributed by atoms with Crippen molar-refractivity contribution >= 4 is 45.0 Å². The molecule has 2 amide bonds. The maximum Gasteiger partial charge on any atom is 0.325 e. The maximum atomic E-state index is 12.3. The Morgan fingerprint density at radius 2 is 1.88 bits per heavy atom. The Morgan fingerprint density at radius 3 is 2.64 bits per heavy atom. The van der Waals surface area contributed by atoms with Gasteiger partial charge in [0.25, 0.3) is 0 Å². The van der Waals surface area contributed by atoms with Gasteiger partial charge in [0.05, 0.1) is 29.4 Å². The van der Waals surface area contributed by atoms with Gasteiger partial charge in [-0.25, -0.2) is 14.8 Å². The summed E-state index contributed by atoms with van der Waals surface area (Å²) in [6.45, 7) is 2.18. The molecule has 5 rings (SSSR count). The van der Waals surface area contributed by atoms with E-state index in [2.05, 4.69) is 36.9 Å². The number of nitriles is 1. The second kappa shape index (κ2) is 13.6. The summed E-state index contributed by atoms with van der Waals surface area (Å²) in [6, 6.07) is 20.7. The van der Waals surface area contributed by atoms with Gasteiger partial charge in [-0.15, -0.1) is 11.3 Å². The molecule has 0 spiro atoms. The molecule has 0 aliphatic heterocycles. The van der Waals surface area contributed by atoms with E-state index in [-0.39, 0.29) is 6.03 Å². The number of nitrogens with zero attached hydrogens (tertiary/aromatic N) is 4. The molecule has 3 aromatic heterocycles. The molecule has 0 saturated heterocycles. The summed E-state index contributed by atoms with van der Waals surface area (Å²) >= 11 is 1.40. The van der Waals surface area contributed by atoms with Crippen molar-refractivity contribution in [2.24, 2.45) is 0 Å². The average Bonchev–Trinajstić information content (AvgIpc) is 3.63. The molecular weight excluding hydrogens is 550 g/mol. The highest BCUT2D eigenvalue weighted by atomic mass is 32.1. The molecule has 3 N–H and O–H groups in total. The first-order chi connectivity index (χ1) is 20.5. The summed E-state index contributed by atoms with van der Waals surface area (Å²) in [5.74, 6) is 1.46. The highest BCUT2D eigenvalue weighted by molar-refractivity contribution is 7.15. The Kier molecular flexibility index (Phi) is 9.28. The standard InChI is InChI=1S/C31H31N7O3S/c1-38(2)15-6-16-40-24-11-9-21(10-12-24)27-17-26-28(22(18-32)19-34-29(26)41-27)33-14-13-25-20-35-31(42-25)37-30(39)36-23-7-4-3-5-8-23/h3-5,7-12,17,19-20H,6,13-16H2,1-2H3,(H,33,34)(H2,35,36,37,39). The normalized spacial score (nSPS) is 10.9. The van der Waals surface area contributed by atoms with Crippen LogP contribution in [0.4, 0.5) is 21.3 Å². The molecule has 0 unspecified atom stereocenters. The number of aromatic nitrogens is 2. The number of anilines is 3. The number of para-hydroxylation sites is 1. The van der Waals surface area contributed by atoms with Crippen molar-refractivity contribution in [3.8, 4) is 23.1 Å². The molecule has 0 atom stereocenters. The molecule has 0 bridgehead atoms. The highest BCUT2D eigenvalue weighted by Gasteiger charge is 2.15. The van der Waals surface area contributed by atoms with Gasteiger partial charge in [0.2, 0.25) is 5.71 Å². The molecule has 11 heteroatoms. The second-order valence-corrected chi connectivity index (χ2v) is 10.9. The topological polar surface area (TPSA) is 128 Å². The lowest BCUT2D eigenvalue weighted by molar-refractivity contribution is 0.262. The Balaban J connectivity index is 1.20. The number of amides is 2. The Labute approximate surface area is 248 Å². The fourth-order valence-corrected chi connectivity index (χ4v) is 5.07. The van der Waals surface area contributed by atoms with E-state index in [1.165, 1.54) is 17.5 Å². The molecule has 3 heterocycles. The van der Waals surface area contributed by atoms with Gasteiger partial charge in [-0.1, -0.05) is 18.2 Å². The minimum absolute atomic E-state index is 0.351. The predicted molar refractivity (Wildman–Crippen MR) is 166 cm³/mol. The summed E-state index contributed by atoms with van der Waals surface area (Å²) in [5, 5.41) is 19.9. The van der Waals surface area contributed by atoms with E-state index in [4.69, 9.17) is 9.15 Å². The number of rotatable bonds is 12. The molecule has 0 aliphatic carbocycles. The molecule has 0 fully saturated rings. The smallest absolute Gasteiger partial charge is 0.325 e. The number of carbonyl (C=O) groups is 1. The van der Waals surface area contributed by atoms with Gasteiger partial charge >= 0.3 is 6.03 Å². The molecule has 0 radical (unpaired) electrons. The average molecular weight is 582 g/mol. The summed E-state index contributed by atoms with van der Waals surface area (Å²) in [4.78, 5) is 24.0. The van der Waals surface area contributed by atoms with E-state index in [0.29, 0.717) is 53.1 Å². The van der Waals surface area contributed by atoms with Gasteiger partial charge in [-0.2, -0.15) is 5.26 Å². The van der Waals surface area contributed by atoms with Crippen LogP contribution in [0.2, 0.25) is 0 Å². The van der Waals surface area contributed by atoms with Crippen LogP contribution in [-0.4, -0.2) is 54.7 Å². The van der Waals surface area contributed by atoms with Crippen LogP contribution in [0, 0.1) is 11.3 Å². The number of thiazole rings is 1. The van der Waals surface area contributed by atoms with Crippen LogP contribution in [0.15, 0.2) is 77.5 Å². The zero-order chi connectivity index (χ0) is 29.3. The predicted octanol–water partition coefficient (Wildman–Crippen LogP) is 6.45. The molecule has 42 heavy (non-hydrogen) atoms. The van der Waals surface area contributed by atoms with Crippen LogP contribution in [0.5, 0.6) is 5.75 Å². The number of nitrogens with one attached hydrogen (secondary N) is 3. The molecule has 0 aliphatic rings. The molecule has 2 aromatic carbocycles. The van der Waals surface area contributed by atoms with Gasteiger partial charge in [0.1, 0.15) is 17.6 Å². The zero-order valence-corrected chi connectivity index (χ0v) is 24.2. The van der Waals surface area contributed by atoms with E-state index in [0.717, 1.165) is 34.5 Å². The van der Waals surface area contributed by atoms with E-state index in [9.17, 15) is 10.1 Å². The number of hydrogen-bond acceptors (Lipinski definition) is 9. The lowest BCUT2D eigenvalue weighted by Crippen LogP contribution is -2.19. The molecule has 5 aromatic rings. The number of furan rings is 1. The first-order valence-corrected chi connectivity index (χ1v) is 14.3. The van der Waals surface area contributed by atoms with Crippen molar-refractivity contribution in [2.75, 3.05) is 49.7 Å². The van der Waals surface area contributed by atoms with Gasteiger partial charge in [-0.05, 0) is 63.0 Å². The number of benzene rings is 2. The Hall–Kier alpha value is -4.92. The Bertz CT molecular complexity index is 1670. The van der Waals surface area contributed by atoms with Crippen molar-refractivity contribution in [3.05, 3.63) is 83.5 Å². The summed E-state index contributed by atoms with van der Waals surface area (Å²) < 4.78 is 11.9. The second-order valence-electron chi connectivity index (χ2n) is 9.77. The van der Waals surface area contributed by atoms with Crippen molar-refractivity contribution in [1.82, 2.24) is 14.9 Å². The molecule has 214 valence electrons. The fourth-order valence-electron chi connectivity index (χ4n) is 4.27. The number of ether oxygens (including phenoxy) is 1. The highest BCUT2D eigenvalue weighted by Crippen LogP contribution is 2.34. The van der Waals surface area contributed by atoms with E-state index in [1.807, 2.05) is 74.8 Å². The third kappa shape index (κ3) is 7.42. The number of urea groups is 1. The SMILES string of the molecule is CN(C)CCCOc1ccc(-c2cc3c(NCCc4cnc(NC(=O)Nc5ccccc5)s4)c(C#N)cnc3o2)cc1. The largest absolute Gasteiger partial charge is 0.494 e. The van der Waals surface area contributed by atoms with Crippen LogP contribution >= 0.6 is 11.3 Å². The zero-order valence-electron chi connectivity index (χ0n) is 23.4. The lowest BCUT2D eigenvalue weighted by Gasteiger charge is -2.10. The summed E-state index contributed by atoms with van der Waals surface area (Å²) in [7, 11) is 4.09. The first kappa shape index (κ1) is 28.6. The quantitative estimate of drug-likeness (QED) is 0.143. The van der Waals surface area contributed by atoms with Gasteiger partial charge in [0, 0.05) is 41.8 Å². The third-order valence-corrected chi connectivity index (χ3v) is 7.29. The van der Waals surface area contributed by atoms with Gasteiger partial charge < -0.3 is 24.7 Å². The van der Waals surface area contributed by atoms with E-state index < -0.39 is 0 Å². The maximum absolute atomic E-state index is 12.3. The van der Waals surface area contributed by atoms with Gasteiger partial charge in [-0.3, -0.25) is 5.32 Å². The van der Waals surface area contributed by atoms with E-state index >= 15 is 0 Å². The summed E-state index contributed by atoms with van der Waals surface area (Å²) in [6.07, 6.45) is 4.86. The lowest BCUT2D eigenvalue weighted by atomic mass is 10.1. The third-order valence-electron chi connectivity index (χ3n) is 6.32. The minimum Gasteiger partial charge on any atom is -0.494 e. The van der Waals surface area contributed by atoms with Crippen LogP contribution in [0.1, 0.15) is 16.9 Å². The van der Waals surface area contributed by atoms with Gasteiger partial charge in [0.15, 0.2) is 5.13 Å². The van der Waals surface area contributed by atoms with Crippen LogP contribution in [0.25, 0.3) is 22.4 Å². The van der Waals surface area contributed by atoms with Crippen LogP contribution in [-0.2, 0) is 6.42 Å². The number of hydrogen-bond donors (Lipinski definition) is 3. The van der Waals surface area contributed by atoms with Crippen LogP contribution in [0.3, 0.4) is 0 Å². The monoisotopic (exact) mass is 581 g/mol. The van der Waals surface area contributed by atoms with E-state index in [1.54, 1.807) is 6.20 Å². The van der Waals surface area contributed by atoms with Crippen molar-refractivity contribution in [1.29, 1.82) is 5.26 Å². The fraction of sp³-hybridized carbons (Fsp3) is 0.226. The molecule has 0 saturated carbocycles. The van der Waals surface area contributed by atoms with Crippen molar-refractivity contribution < 1.29 is 13.9 Å². The number of pyridine rings is 1. The minimum atomic E-state index is -0.351. The molecular formula is C31H31N7O3S. The molecule has 10 nitrogen and oxygen atoms in total. The first-order valence-electron chi connectivity index (χ1n) is 13.5. The Morgan fingerprint density at radius 1 is 1.07 bits per heavy atom. The van der Waals surface area contributed by atoms with Crippen molar-refractivity contribution in [2.45, 2.75) is 12.8 Å².